The number of carbonyl (C=O) groups excluding carboxylic acids is 1. The van der Waals surface area contributed by atoms with Crippen LogP contribution in [0.4, 0.5) is 5.69 Å². The van der Waals surface area contributed by atoms with E-state index in [-0.39, 0.29) is 19.1 Å². The summed E-state index contributed by atoms with van der Waals surface area (Å²) in [4.78, 5) is 18.1. The van der Waals surface area contributed by atoms with Crippen LogP contribution in [0.1, 0.15) is 11.3 Å². The lowest BCUT2D eigenvalue weighted by Crippen LogP contribution is -2.38. The monoisotopic (exact) mass is 324 g/mol. The van der Waals surface area contributed by atoms with Crippen LogP contribution < -0.4 is 14.4 Å². The highest BCUT2D eigenvalue weighted by Crippen LogP contribution is 2.31. The van der Waals surface area contributed by atoms with Crippen LogP contribution >= 0.6 is 0 Å². The molecule has 0 bridgehead atoms. The predicted octanol–water partition coefficient (Wildman–Crippen LogP) is 1.36. The van der Waals surface area contributed by atoms with E-state index in [0.717, 1.165) is 11.3 Å². The molecule has 24 heavy (non-hydrogen) atoms. The molecule has 2 heterocycles. The zero-order valence-electron chi connectivity index (χ0n) is 13.2. The molecular weight excluding hydrogens is 308 g/mol. The molecule has 0 saturated heterocycles. The summed E-state index contributed by atoms with van der Waals surface area (Å²) in [6.07, 6.45) is 0. The second-order valence-corrected chi connectivity index (χ2v) is 5.10. The first-order valence-electron chi connectivity index (χ1n) is 7.38. The molecule has 0 aliphatic carbocycles. The second-order valence-electron chi connectivity index (χ2n) is 5.10. The van der Waals surface area contributed by atoms with Crippen molar-refractivity contribution in [1.29, 1.82) is 0 Å². The highest BCUT2D eigenvalue weighted by atomic mass is 16.5. The van der Waals surface area contributed by atoms with Crippen LogP contribution in [0.2, 0.25) is 0 Å². The van der Waals surface area contributed by atoms with Crippen LogP contribution in [0.3, 0.4) is 0 Å². The molecule has 3 rings (SSSR count). The summed E-state index contributed by atoms with van der Waals surface area (Å²) < 4.78 is 10.5. The number of carbonyl (C=O) groups is 1. The molecule has 6 heteroatoms. The fourth-order valence-corrected chi connectivity index (χ4v) is 2.37. The topological polar surface area (TPSA) is 71.9 Å². The number of aliphatic hydroxyl groups is 1. The molecule has 1 aliphatic heterocycles. The van der Waals surface area contributed by atoms with Crippen molar-refractivity contribution < 1.29 is 19.4 Å². The van der Waals surface area contributed by atoms with Gasteiger partial charge in [-0.3, -0.25) is 4.79 Å². The molecule has 1 amide bonds. The van der Waals surface area contributed by atoms with Gasteiger partial charge in [0.25, 0.3) is 5.91 Å². The Morgan fingerprint density at radius 1 is 1.29 bits per heavy atom. The number of pyridine rings is 1. The van der Waals surface area contributed by atoms with E-state index in [9.17, 15) is 4.79 Å². The first-order valence-corrected chi connectivity index (χ1v) is 7.38. The Kier molecular flexibility index (Phi) is 4.64. The number of rotatable bonds is 3. The number of nitrogens with zero attached hydrogens (tertiary/aromatic N) is 2. The smallest absolute Gasteiger partial charge is 0.265 e. The van der Waals surface area contributed by atoms with Gasteiger partial charge in [-0.1, -0.05) is 18.1 Å². The van der Waals surface area contributed by atoms with E-state index >= 15 is 0 Å². The number of fused-ring (bicyclic) bond motifs is 1. The van der Waals surface area contributed by atoms with E-state index in [2.05, 4.69) is 16.8 Å². The zero-order valence-corrected chi connectivity index (χ0v) is 13.2. The van der Waals surface area contributed by atoms with Gasteiger partial charge in [-0.25, -0.2) is 4.98 Å². The van der Waals surface area contributed by atoms with Crippen molar-refractivity contribution in [2.24, 2.45) is 0 Å². The number of aliphatic hydroxyl groups excluding tert-OH is 1. The van der Waals surface area contributed by atoms with Gasteiger partial charge in [-0.05, 0) is 35.7 Å². The SMILES string of the molecule is COc1ccc(CN2C(=O)COc3nc(C#CCO)ccc32)cc1. The first kappa shape index (κ1) is 15.8. The third kappa shape index (κ3) is 3.31. The summed E-state index contributed by atoms with van der Waals surface area (Å²) >= 11 is 0. The molecule has 0 fully saturated rings. The van der Waals surface area contributed by atoms with Crippen molar-refractivity contribution in [2.45, 2.75) is 6.54 Å². The molecule has 1 aromatic carbocycles. The molecule has 0 saturated carbocycles. The Bertz CT molecular complexity index is 806. The summed E-state index contributed by atoms with van der Waals surface area (Å²) in [6.45, 7) is 0.122. The number of anilines is 1. The summed E-state index contributed by atoms with van der Waals surface area (Å²) in [5.41, 5.74) is 2.07. The summed E-state index contributed by atoms with van der Waals surface area (Å²) in [7, 11) is 1.61. The van der Waals surface area contributed by atoms with Gasteiger partial charge >= 0.3 is 0 Å². The van der Waals surface area contributed by atoms with E-state index in [1.54, 1.807) is 24.1 Å². The van der Waals surface area contributed by atoms with E-state index in [4.69, 9.17) is 14.6 Å². The van der Waals surface area contributed by atoms with Gasteiger partial charge in [0, 0.05) is 0 Å². The molecule has 0 spiro atoms. The quantitative estimate of drug-likeness (QED) is 0.863. The maximum absolute atomic E-state index is 12.2. The van der Waals surface area contributed by atoms with Crippen LogP contribution in [0, 0.1) is 11.8 Å². The molecule has 0 radical (unpaired) electrons. The molecule has 0 unspecified atom stereocenters. The Hall–Kier alpha value is -3.04. The van der Waals surface area contributed by atoms with E-state index in [1.165, 1.54) is 0 Å². The lowest BCUT2D eigenvalue weighted by atomic mass is 10.1. The van der Waals surface area contributed by atoms with Crippen LogP contribution in [0.15, 0.2) is 36.4 Å². The van der Waals surface area contributed by atoms with Gasteiger partial charge in [-0.15, -0.1) is 0 Å². The number of benzene rings is 1. The van der Waals surface area contributed by atoms with E-state index < -0.39 is 0 Å². The highest BCUT2D eigenvalue weighted by Gasteiger charge is 2.26. The van der Waals surface area contributed by atoms with Gasteiger partial charge < -0.3 is 19.5 Å². The zero-order chi connectivity index (χ0) is 16.9. The summed E-state index contributed by atoms with van der Waals surface area (Å²) in [5, 5.41) is 8.75. The highest BCUT2D eigenvalue weighted by molar-refractivity contribution is 5.97. The van der Waals surface area contributed by atoms with E-state index in [1.807, 2.05) is 24.3 Å². The minimum Gasteiger partial charge on any atom is -0.497 e. The molecule has 1 aliphatic rings. The number of amides is 1. The fraction of sp³-hybridized carbons (Fsp3) is 0.222. The van der Waals surface area contributed by atoms with Crippen molar-refractivity contribution >= 4 is 11.6 Å². The van der Waals surface area contributed by atoms with Gasteiger partial charge in [0.15, 0.2) is 6.61 Å². The van der Waals surface area contributed by atoms with Gasteiger partial charge in [0.2, 0.25) is 5.88 Å². The van der Waals surface area contributed by atoms with Crippen LogP contribution in [-0.4, -0.2) is 36.3 Å². The fourth-order valence-electron chi connectivity index (χ4n) is 2.37. The molecule has 6 nitrogen and oxygen atoms in total. The van der Waals surface area contributed by atoms with Crippen molar-refractivity contribution in [3.05, 3.63) is 47.7 Å². The number of hydrogen-bond acceptors (Lipinski definition) is 5. The second kappa shape index (κ2) is 7.02. The maximum Gasteiger partial charge on any atom is 0.265 e. The van der Waals surface area contributed by atoms with Crippen molar-refractivity contribution in [3.8, 4) is 23.5 Å². The van der Waals surface area contributed by atoms with Crippen LogP contribution in [0.25, 0.3) is 0 Å². The third-order valence-corrected chi connectivity index (χ3v) is 3.56. The maximum atomic E-state index is 12.2. The van der Waals surface area contributed by atoms with Crippen molar-refractivity contribution in [2.75, 3.05) is 25.2 Å². The van der Waals surface area contributed by atoms with Gasteiger partial charge in [0.1, 0.15) is 23.7 Å². The Labute approximate surface area is 139 Å². The average Bonchev–Trinajstić information content (AvgIpc) is 2.63. The summed E-state index contributed by atoms with van der Waals surface area (Å²) in [5.74, 6) is 6.26. The predicted molar refractivity (Wildman–Crippen MR) is 87.9 cm³/mol. The molecular formula is C18H16N2O4. The largest absolute Gasteiger partial charge is 0.497 e. The van der Waals surface area contributed by atoms with Crippen LogP contribution in [-0.2, 0) is 11.3 Å². The Morgan fingerprint density at radius 3 is 2.79 bits per heavy atom. The van der Waals surface area contributed by atoms with Crippen molar-refractivity contribution in [3.63, 3.8) is 0 Å². The Balaban J connectivity index is 1.87. The lowest BCUT2D eigenvalue weighted by molar-refractivity contribution is -0.121. The normalized spacial score (nSPS) is 12.8. The molecule has 2 aromatic rings. The molecule has 122 valence electrons. The van der Waals surface area contributed by atoms with Crippen molar-refractivity contribution in [1.82, 2.24) is 4.98 Å². The minimum absolute atomic E-state index is 0.0625. The van der Waals surface area contributed by atoms with E-state index in [0.29, 0.717) is 23.8 Å². The third-order valence-electron chi connectivity index (χ3n) is 3.56. The number of aromatic nitrogens is 1. The lowest BCUT2D eigenvalue weighted by Gasteiger charge is -2.28. The standard InChI is InChI=1S/C18H16N2O4/c1-23-15-7-4-13(5-8-15)11-20-16-9-6-14(3-2-10-21)19-18(16)24-12-17(20)22/h4-9,21H,10-12H2,1H3. The van der Waals surface area contributed by atoms with Gasteiger partial charge in [0.05, 0.1) is 13.7 Å². The number of methoxy groups -OCH3 is 1. The number of ether oxygens (including phenoxy) is 2. The average molecular weight is 324 g/mol. The molecule has 1 N–H and O–H groups in total. The Morgan fingerprint density at radius 2 is 2.08 bits per heavy atom. The van der Waals surface area contributed by atoms with Gasteiger partial charge in [-0.2, -0.15) is 0 Å². The van der Waals surface area contributed by atoms with Crippen LogP contribution in [0.5, 0.6) is 11.6 Å². The summed E-state index contributed by atoms with van der Waals surface area (Å²) in [6, 6.07) is 11.0. The molecule has 0 atom stereocenters. The number of hydrogen-bond donors (Lipinski definition) is 1. The first-order chi connectivity index (χ1) is 11.7. The molecule has 1 aromatic heterocycles. The minimum atomic E-state index is -0.234.